The van der Waals surface area contributed by atoms with Crippen molar-refractivity contribution in [2.45, 2.75) is 19.8 Å². The standard InChI is InChI=1S/C14H18N2O3/c1-10-4-2-6-12(8-10)15-14(19)16-7-3-5-11(9-16)13(17)18/h2,4,6,8,11H,3,5,7,9H2,1H3,(H,15,19)(H,17,18)/t11-/m0/s1. The second kappa shape index (κ2) is 5.73. The molecule has 102 valence electrons. The van der Waals surface area contributed by atoms with E-state index in [1.807, 2.05) is 31.2 Å². The average molecular weight is 262 g/mol. The predicted octanol–water partition coefficient (Wildman–Crippen LogP) is 2.32. The van der Waals surface area contributed by atoms with E-state index in [4.69, 9.17) is 5.11 Å². The Morgan fingerprint density at radius 1 is 1.42 bits per heavy atom. The number of nitrogens with zero attached hydrogens (tertiary/aromatic N) is 1. The first-order valence-corrected chi connectivity index (χ1v) is 6.41. The number of nitrogens with one attached hydrogen (secondary N) is 1. The zero-order valence-corrected chi connectivity index (χ0v) is 10.9. The van der Waals surface area contributed by atoms with Gasteiger partial charge >= 0.3 is 12.0 Å². The van der Waals surface area contributed by atoms with Gasteiger partial charge in [0.05, 0.1) is 5.92 Å². The van der Waals surface area contributed by atoms with E-state index in [0.29, 0.717) is 13.0 Å². The van der Waals surface area contributed by atoms with Gasteiger partial charge in [0, 0.05) is 18.8 Å². The molecule has 5 nitrogen and oxygen atoms in total. The quantitative estimate of drug-likeness (QED) is 0.859. The number of aryl methyl sites for hydroxylation is 1. The van der Waals surface area contributed by atoms with Crippen molar-refractivity contribution in [2.75, 3.05) is 18.4 Å². The normalized spacial score (nSPS) is 19.0. The number of hydrogen-bond donors (Lipinski definition) is 2. The highest BCUT2D eigenvalue weighted by Crippen LogP contribution is 2.18. The molecule has 0 unspecified atom stereocenters. The molecule has 1 saturated heterocycles. The van der Waals surface area contributed by atoms with E-state index in [1.54, 1.807) is 4.90 Å². The Morgan fingerprint density at radius 3 is 2.89 bits per heavy atom. The van der Waals surface area contributed by atoms with Crippen molar-refractivity contribution >= 4 is 17.7 Å². The number of rotatable bonds is 2. The predicted molar refractivity (Wildman–Crippen MR) is 72.1 cm³/mol. The van der Waals surface area contributed by atoms with Gasteiger partial charge in [0.1, 0.15) is 0 Å². The van der Waals surface area contributed by atoms with Crippen molar-refractivity contribution in [3.05, 3.63) is 29.8 Å². The number of amides is 2. The summed E-state index contributed by atoms with van der Waals surface area (Å²) in [6.45, 7) is 2.85. The molecule has 0 aromatic heterocycles. The molecule has 0 saturated carbocycles. The van der Waals surface area contributed by atoms with Gasteiger partial charge in [0.15, 0.2) is 0 Å². The highest BCUT2D eigenvalue weighted by atomic mass is 16.4. The summed E-state index contributed by atoms with van der Waals surface area (Å²) in [6.07, 6.45) is 1.38. The number of carbonyl (C=O) groups is 2. The average Bonchev–Trinajstić information content (AvgIpc) is 2.39. The third-order valence-corrected chi connectivity index (χ3v) is 3.33. The van der Waals surface area contributed by atoms with Crippen LogP contribution in [0.15, 0.2) is 24.3 Å². The number of likely N-dealkylation sites (tertiary alicyclic amines) is 1. The summed E-state index contributed by atoms with van der Waals surface area (Å²) in [7, 11) is 0. The maximum absolute atomic E-state index is 12.1. The fourth-order valence-electron chi connectivity index (χ4n) is 2.29. The van der Waals surface area contributed by atoms with Crippen LogP contribution in [-0.4, -0.2) is 35.1 Å². The molecule has 2 amide bonds. The van der Waals surface area contributed by atoms with Gasteiger partial charge in [-0.25, -0.2) is 4.79 Å². The maximum Gasteiger partial charge on any atom is 0.321 e. The lowest BCUT2D eigenvalue weighted by Crippen LogP contribution is -2.44. The summed E-state index contributed by atoms with van der Waals surface area (Å²) >= 11 is 0. The molecule has 1 aliphatic heterocycles. The van der Waals surface area contributed by atoms with Crippen molar-refractivity contribution in [3.63, 3.8) is 0 Å². The summed E-state index contributed by atoms with van der Waals surface area (Å²) in [4.78, 5) is 24.6. The van der Waals surface area contributed by atoms with Crippen molar-refractivity contribution < 1.29 is 14.7 Å². The molecule has 1 aliphatic rings. The third kappa shape index (κ3) is 3.47. The first-order valence-electron chi connectivity index (χ1n) is 6.41. The molecule has 2 N–H and O–H groups in total. The van der Waals surface area contributed by atoms with Gasteiger partial charge in [-0.05, 0) is 37.5 Å². The van der Waals surface area contributed by atoms with Crippen LogP contribution in [0.25, 0.3) is 0 Å². The fourth-order valence-corrected chi connectivity index (χ4v) is 2.29. The molecule has 0 radical (unpaired) electrons. The molecule has 0 bridgehead atoms. The Bertz CT molecular complexity index is 487. The minimum atomic E-state index is -0.826. The molecule has 1 heterocycles. The first-order chi connectivity index (χ1) is 9.06. The smallest absolute Gasteiger partial charge is 0.321 e. The number of hydrogen-bond acceptors (Lipinski definition) is 2. The number of urea groups is 1. The van der Waals surface area contributed by atoms with Crippen molar-refractivity contribution in [1.29, 1.82) is 0 Å². The summed E-state index contributed by atoms with van der Waals surface area (Å²) in [5, 5.41) is 11.8. The fraction of sp³-hybridized carbons (Fsp3) is 0.429. The zero-order chi connectivity index (χ0) is 13.8. The number of anilines is 1. The molecular weight excluding hydrogens is 244 g/mol. The van der Waals surface area contributed by atoms with Crippen LogP contribution in [-0.2, 0) is 4.79 Å². The monoisotopic (exact) mass is 262 g/mol. The molecule has 1 aromatic carbocycles. The Balaban J connectivity index is 1.98. The number of carboxylic acids is 1. The van der Waals surface area contributed by atoms with Gasteiger partial charge in [-0.3, -0.25) is 4.79 Å². The minimum absolute atomic E-state index is 0.225. The van der Waals surface area contributed by atoms with E-state index in [2.05, 4.69) is 5.32 Å². The van der Waals surface area contributed by atoms with Gasteiger partial charge in [-0.2, -0.15) is 0 Å². The van der Waals surface area contributed by atoms with Crippen LogP contribution in [0.2, 0.25) is 0 Å². The van der Waals surface area contributed by atoms with Gasteiger partial charge in [-0.15, -0.1) is 0 Å². The second-order valence-electron chi connectivity index (χ2n) is 4.92. The summed E-state index contributed by atoms with van der Waals surface area (Å²) in [5.74, 6) is -1.27. The lowest BCUT2D eigenvalue weighted by Gasteiger charge is -2.30. The Morgan fingerprint density at radius 2 is 2.21 bits per heavy atom. The van der Waals surface area contributed by atoms with Gasteiger partial charge in [-0.1, -0.05) is 12.1 Å². The van der Waals surface area contributed by atoms with Gasteiger partial charge < -0.3 is 15.3 Å². The zero-order valence-electron chi connectivity index (χ0n) is 10.9. The van der Waals surface area contributed by atoms with Crippen LogP contribution >= 0.6 is 0 Å². The number of piperidine rings is 1. The van der Waals surface area contributed by atoms with Crippen LogP contribution in [0, 0.1) is 12.8 Å². The third-order valence-electron chi connectivity index (χ3n) is 3.33. The molecule has 19 heavy (non-hydrogen) atoms. The Kier molecular flexibility index (Phi) is 4.04. The molecule has 5 heteroatoms. The number of carboxylic acid groups (broad SMARTS) is 1. The Labute approximate surface area is 112 Å². The Hall–Kier alpha value is -2.04. The van der Waals surface area contributed by atoms with Crippen LogP contribution in [0.1, 0.15) is 18.4 Å². The maximum atomic E-state index is 12.1. The summed E-state index contributed by atoms with van der Waals surface area (Å²) < 4.78 is 0. The van der Waals surface area contributed by atoms with Crippen LogP contribution in [0.3, 0.4) is 0 Å². The van der Waals surface area contributed by atoms with E-state index in [9.17, 15) is 9.59 Å². The number of carbonyl (C=O) groups excluding carboxylic acids is 1. The molecule has 0 spiro atoms. The molecule has 1 atom stereocenters. The summed E-state index contributed by atoms with van der Waals surface area (Å²) in [6, 6.07) is 7.31. The van der Waals surface area contributed by atoms with Gasteiger partial charge in [0.2, 0.25) is 0 Å². The lowest BCUT2D eigenvalue weighted by atomic mass is 9.99. The van der Waals surface area contributed by atoms with Crippen molar-refractivity contribution in [1.82, 2.24) is 4.90 Å². The highest BCUT2D eigenvalue weighted by Gasteiger charge is 2.28. The van der Waals surface area contributed by atoms with Crippen molar-refractivity contribution in [2.24, 2.45) is 5.92 Å². The molecule has 2 rings (SSSR count). The van der Waals surface area contributed by atoms with E-state index in [1.165, 1.54) is 0 Å². The number of benzene rings is 1. The topological polar surface area (TPSA) is 69.6 Å². The molecular formula is C14H18N2O3. The van der Waals surface area contributed by atoms with E-state index >= 15 is 0 Å². The number of aliphatic carboxylic acids is 1. The summed E-state index contributed by atoms with van der Waals surface area (Å²) in [5.41, 5.74) is 1.81. The first kappa shape index (κ1) is 13.4. The SMILES string of the molecule is Cc1cccc(NC(=O)N2CCC[C@H](C(=O)O)C2)c1. The molecule has 1 aromatic rings. The van der Waals surface area contributed by atoms with Crippen LogP contribution in [0.5, 0.6) is 0 Å². The van der Waals surface area contributed by atoms with E-state index in [-0.39, 0.29) is 12.6 Å². The highest BCUT2D eigenvalue weighted by molar-refractivity contribution is 5.89. The van der Waals surface area contributed by atoms with Gasteiger partial charge in [0.25, 0.3) is 0 Å². The second-order valence-corrected chi connectivity index (χ2v) is 4.92. The minimum Gasteiger partial charge on any atom is -0.481 e. The van der Waals surface area contributed by atoms with Crippen LogP contribution in [0.4, 0.5) is 10.5 Å². The van der Waals surface area contributed by atoms with Crippen molar-refractivity contribution in [3.8, 4) is 0 Å². The van der Waals surface area contributed by atoms with E-state index < -0.39 is 11.9 Å². The lowest BCUT2D eigenvalue weighted by molar-refractivity contribution is -0.143. The largest absolute Gasteiger partial charge is 0.481 e. The van der Waals surface area contributed by atoms with E-state index in [0.717, 1.165) is 17.7 Å². The molecule has 1 fully saturated rings. The molecule has 0 aliphatic carbocycles. The van der Waals surface area contributed by atoms with Crippen LogP contribution < -0.4 is 5.32 Å².